The van der Waals surface area contributed by atoms with Crippen LogP contribution in [0.25, 0.3) is 0 Å². The third-order valence-electron chi connectivity index (χ3n) is 2.77. The molecule has 0 amide bonds. The van der Waals surface area contributed by atoms with E-state index in [4.69, 9.17) is 5.73 Å². The molecule has 0 fully saturated rings. The Labute approximate surface area is 116 Å². The number of hydrogen-bond acceptors (Lipinski definition) is 5. The second kappa shape index (κ2) is 5.84. The topological polar surface area (TPSA) is 68.0 Å². The fraction of sp³-hybridized carbons (Fsp3) is 0.286. The Hall–Kier alpha value is -1.88. The molecule has 0 aliphatic rings. The van der Waals surface area contributed by atoms with E-state index in [0.717, 1.165) is 29.4 Å². The van der Waals surface area contributed by atoms with Crippen molar-refractivity contribution in [3.05, 3.63) is 39.8 Å². The summed E-state index contributed by atoms with van der Waals surface area (Å²) in [6, 6.07) is 5.44. The van der Waals surface area contributed by atoms with Crippen molar-refractivity contribution >= 4 is 28.5 Å². The molecule has 2 aromatic rings. The van der Waals surface area contributed by atoms with Gasteiger partial charge in [-0.15, -0.1) is 11.3 Å². The highest BCUT2D eigenvalue weighted by Gasteiger charge is 2.05. The maximum atomic E-state index is 11.4. The van der Waals surface area contributed by atoms with Gasteiger partial charge in [0.05, 0.1) is 5.01 Å². The molecule has 1 heterocycles. The molecule has 0 atom stereocenters. The predicted molar refractivity (Wildman–Crippen MR) is 79.9 cm³/mol. The van der Waals surface area contributed by atoms with Crippen molar-refractivity contribution in [2.75, 3.05) is 17.6 Å². The molecule has 3 N–H and O–H groups in total. The first-order chi connectivity index (χ1) is 9.06. The van der Waals surface area contributed by atoms with Gasteiger partial charge in [0, 0.05) is 41.0 Å². The molecule has 4 nitrogen and oxygen atoms in total. The van der Waals surface area contributed by atoms with Crippen LogP contribution in [0.3, 0.4) is 0 Å². The normalized spacial score (nSPS) is 10.4. The summed E-state index contributed by atoms with van der Waals surface area (Å²) in [5.41, 5.74) is 8.81. The van der Waals surface area contributed by atoms with Crippen molar-refractivity contribution in [3.63, 3.8) is 0 Å². The summed E-state index contributed by atoms with van der Waals surface area (Å²) < 4.78 is 0. The van der Waals surface area contributed by atoms with E-state index >= 15 is 0 Å². The maximum Gasteiger partial charge on any atom is 0.161 e. The number of hydrogen-bond donors (Lipinski definition) is 2. The highest BCUT2D eigenvalue weighted by molar-refractivity contribution is 7.09. The molecule has 0 saturated carbocycles. The van der Waals surface area contributed by atoms with Crippen molar-refractivity contribution in [3.8, 4) is 0 Å². The summed E-state index contributed by atoms with van der Waals surface area (Å²) in [6.45, 7) is 4.30. The number of thiazole rings is 1. The van der Waals surface area contributed by atoms with Crippen LogP contribution in [-0.2, 0) is 6.42 Å². The molecule has 0 unspecified atom stereocenters. The lowest BCUT2D eigenvalue weighted by molar-refractivity contribution is 0.101. The molecule has 1 aromatic carbocycles. The number of nitrogen functional groups attached to an aromatic ring is 1. The maximum absolute atomic E-state index is 11.4. The van der Waals surface area contributed by atoms with Crippen molar-refractivity contribution in [1.82, 2.24) is 4.98 Å². The number of nitrogens with two attached hydrogens (primary N) is 1. The van der Waals surface area contributed by atoms with Gasteiger partial charge in [-0.1, -0.05) is 0 Å². The van der Waals surface area contributed by atoms with Gasteiger partial charge in [-0.25, -0.2) is 4.98 Å². The number of aromatic nitrogens is 1. The molecule has 0 saturated heterocycles. The van der Waals surface area contributed by atoms with Gasteiger partial charge < -0.3 is 11.1 Å². The highest BCUT2D eigenvalue weighted by Crippen LogP contribution is 2.18. The first-order valence-electron chi connectivity index (χ1n) is 6.11. The van der Waals surface area contributed by atoms with Crippen LogP contribution in [0.15, 0.2) is 23.6 Å². The highest BCUT2D eigenvalue weighted by atomic mass is 32.1. The van der Waals surface area contributed by atoms with E-state index in [1.54, 1.807) is 23.5 Å². The lowest BCUT2D eigenvalue weighted by Crippen LogP contribution is -2.07. The lowest BCUT2D eigenvalue weighted by atomic mass is 10.1. The first kappa shape index (κ1) is 13.5. The SMILES string of the molecule is CC(=O)c1cc(NCCc2nc(C)cs2)ccc1N. The molecule has 0 aliphatic carbocycles. The Morgan fingerprint density at radius 1 is 1.47 bits per heavy atom. The van der Waals surface area contributed by atoms with E-state index in [1.807, 2.05) is 18.4 Å². The first-order valence-corrected chi connectivity index (χ1v) is 6.99. The minimum Gasteiger partial charge on any atom is -0.398 e. The van der Waals surface area contributed by atoms with Crippen LogP contribution in [0.4, 0.5) is 11.4 Å². The van der Waals surface area contributed by atoms with Gasteiger partial charge in [0.2, 0.25) is 0 Å². The van der Waals surface area contributed by atoms with E-state index in [0.29, 0.717) is 11.3 Å². The number of anilines is 2. The average Bonchev–Trinajstić information content (AvgIpc) is 2.77. The molecule has 2 rings (SSSR count). The van der Waals surface area contributed by atoms with Crippen molar-refractivity contribution in [2.24, 2.45) is 0 Å². The standard InChI is InChI=1S/C14H17N3OS/c1-9-8-19-14(17-9)5-6-16-11-3-4-13(15)12(7-11)10(2)18/h3-4,7-8,16H,5-6,15H2,1-2H3. The van der Waals surface area contributed by atoms with E-state index in [1.165, 1.54) is 6.92 Å². The Morgan fingerprint density at radius 2 is 2.26 bits per heavy atom. The van der Waals surface area contributed by atoms with Crippen LogP contribution in [0, 0.1) is 6.92 Å². The monoisotopic (exact) mass is 275 g/mol. The van der Waals surface area contributed by atoms with E-state index in [2.05, 4.69) is 10.3 Å². The molecular weight excluding hydrogens is 258 g/mol. The van der Waals surface area contributed by atoms with Gasteiger partial charge in [-0.2, -0.15) is 0 Å². The average molecular weight is 275 g/mol. The zero-order chi connectivity index (χ0) is 13.8. The van der Waals surface area contributed by atoms with Crippen molar-refractivity contribution in [1.29, 1.82) is 0 Å². The molecule has 5 heteroatoms. The number of nitrogens with zero attached hydrogens (tertiary/aromatic N) is 1. The molecule has 0 spiro atoms. The summed E-state index contributed by atoms with van der Waals surface area (Å²) in [7, 11) is 0. The predicted octanol–water partition coefficient (Wildman–Crippen LogP) is 2.89. The van der Waals surface area contributed by atoms with Gasteiger partial charge in [0.25, 0.3) is 0 Å². The largest absolute Gasteiger partial charge is 0.398 e. The summed E-state index contributed by atoms with van der Waals surface area (Å²) in [6.07, 6.45) is 0.873. The molecule has 100 valence electrons. The number of carbonyl (C=O) groups excluding carboxylic acids is 1. The zero-order valence-electron chi connectivity index (χ0n) is 11.1. The van der Waals surface area contributed by atoms with Gasteiger partial charge in [0.1, 0.15) is 0 Å². The van der Waals surface area contributed by atoms with Crippen LogP contribution in [-0.4, -0.2) is 17.3 Å². The van der Waals surface area contributed by atoms with E-state index < -0.39 is 0 Å². The van der Waals surface area contributed by atoms with Gasteiger partial charge in [-0.3, -0.25) is 4.79 Å². The summed E-state index contributed by atoms with van der Waals surface area (Å²) in [5, 5.41) is 6.45. The van der Waals surface area contributed by atoms with Crippen molar-refractivity contribution in [2.45, 2.75) is 20.3 Å². The minimum atomic E-state index is -0.0169. The lowest BCUT2D eigenvalue weighted by Gasteiger charge is -2.08. The number of nitrogens with one attached hydrogen (secondary N) is 1. The summed E-state index contributed by atoms with van der Waals surface area (Å²) in [5.74, 6) is -0.0169. The van der Waals surface area contributed by atoms with Gasteiger partial charge in [0.15, 0.2) is 5.78 Å². The third kappa shape index (κ3) is 3.54. The Bertz CT molecular complexity index is 592. The quantitative estimate of drug-likeness (QED) is 0.650. The molecule has 0 bridgehead atoms. The molecule has 0 aliphatic heterocycles. The summed E-state index contributed by atoms with van der Waals surface area (Å²) >= 11 is 1.67. The number of carbonyl (C=O) groups is 1. The van der Waals surface area contributed by atoms with Crippen LogP contribution in [0.2, 0.25) is 0 Å². The number of Topliss-reactive ketones (excluding diaryl/α,β-unsaturated/α-hetero) is 1. The van der Waals surface area contributed by atoms with Crippen LogP contribution in [0.5, 0.6) is 0 Å². The Morgan fingerprint density at radius 3 is 2.89 bits per heavy atom. The molecule has 1 aromatic heterocycles. The molecular formula is C14H17N3OS. The number of aryl methyl sites for hydroxylation is 1. The van der Waals surface area contributed by atoms with Gasteiger partial charge >= 0.3 is 0 Å². The molecule has 19 heavy (non-hydrogen) atoms. The number of rotatable bonds is 5. The zero-order valence-corrected chi connectivity index (χ0v) is 11.9. The fourth-order valence-electron chi connectivity index (χ4n) is 1.80. The number of ketones is 1. The van der Waals surface area contributed by atoms with Gasteiger partial charge in [-0.05, 0) is 32.0 Å². The summed E-state index contributed by atoms with van der Waals surface area (Å²) in [4.78, 5) is 15.8. The fourth-order valence-corrected chi connectivity index (χ4v) is 2.58. The smallest absolute Gasteiger partial charge is 0.161 e. The third-order valence-corrected chi connectivity index (χ3v) is 3.79. The van der Waals surface area contributed by atoms with E-state index in [9.17, 15) is 4.79 Å². The van der Waals surface area contributed by atoms with Crippen molar-refractivity contribution < 1.29 is 4.79 Å². The molecule has 0 radical (unpaired) electrons. The Kier molecular flexibility index (Phi) is 4.16. The van der Waals surface area contributed by atoms with Crippen LogP contribution in [0.1, 0.15) is 28.0 Å². The second-order valence-corrected chi connectivity index (χ2v) is 5.36. The van der Waals surface area contributed by atoms with Crippen LogP contribution >= 0.6 is 11.3 Å². The van der Waals surface area contributed by atoms with Crippen LogP contribution < -0.4 is 11.1 Å². The minimum absolute atomic E-state index is 0.0169. The Balaban J connectivity index is 1.96. The second-order valence-electron chi connectivity index (χ2n) is 4.42. The number of benzene rings is 1. The van der Waals surface area contributed by atoms with E-state index in [-0.39, 0.29) is 5.78 Å².